The van der Waals surface area contributed by atoms with Crippen molar-refractivity contribution in [3.8, 4) is 0 Å². The maximum Gasteiger partial charge on any atom is 0.337 e. The van der Waals surface area contributed by atoms with E-state index in [0.717, 1.165) is 30.4 Å². The first kappa shape index (κ1) is 12.5. The first-order valence-electron chi connectivity index (χ1n) is 5.08. The van der Waals surface area contributed by atoms with Crippen molar-refractivity contribution in [2.45, 2.75) is 0 Å². The quantitative estimate of drug-likeness (QED) is 0.767. The summed E-state index contributed by atoms with van der Waals surface area (Å²) in [4.78, 5) is 45.5. The van der Waals surface area contributed by atoms with Gasteiger partial charge in [-0.05, 0) is 18.2 Å². The molecule has 2 rings (SSSR count). The van der Waals surface area contributed by atoms with Crippen LogP contribution in [0.4, 0.5) is 5.69 Å². The van der Waals surface area contributed by atoms with Gasteiger partial charge in [0.2, 0.25) is 0 Å². The largest absolute Gasteiger partial charge is 0.478 e. The molecule has 19 heavy (non-hydrogen) atoms. The van der Waals surface area contributed by atoms with Crippen molar-refractivity contribution in [3.05, 3.63) is 41.5 Å². The van der Waals surface area contributed by atoms with Gasteiger partial charge in [0.1, 0.15) is 0 Å². The van der Waals surface area contributed by atoms with Gasteiger partial charge in [-0.25, -0.2) is 14.5 Å². The van der Waals surface area contributed by atoms with Crippen LogP contribution in [0.3, 0.4) is 0 Å². The van der Waals surface area contributed by atoms with Crippen LogP contribution in [0, 0.1) is 0 Å². The molecule has 0 atom stereocenters. The van der Waals surface area contributed by atoms with E-state index >= 15 is 0 Å². The van der Waals surface area contributed by atoms with E-state index < -0.39 is 29.3 Å². The summed E-state index contributed by atoms with van der Waals surface area (Å²) in [6.07, 6.45) is 2.03. The molecule has 96 valence electrons. The van der Waals surface area contributed by atoms with Crippen molar-refractivity contribution in [3.63, 3.8) is 0 Å². The fourth-order valence-corrected chi connectivity index (χ4v) is 1.67. The Bertz CT molecular complexity index is 628. The molecule has 0 aromatic heterocycles. The van der Waals surface area contributed by atoms with Crippen LogP contribution >= 0.6 is 0 Å². The zero-order valence-corrected chi connectivity index (χ0v) is 9.36. The maximum absolute atomic E-state index is 11.5. The van der Waals surface area contributed by atoms with E-state index in [1.807, 2.05) is 0 Å². The van der Waals surface area contributed by atoms with E-state index in [1.54, 1.807) is 0 Å². The lowest BCUT2D eigenvalue weighted by Crippen LogP contribution is -2.31. The molecule has 0 saturated heterocycles. The van der Waals surface area contributed by atoms with Gasteiger partial charge in [-0.2, -0.15) is 0 Å². The summed E-state index contributed by atoms with van der Waals surface area (Å²) in [5.41, 5.74) is -0.823. The molecular formula is C12H7NO6. The van der Waals surface area contributed by atoms with Crippen molar-refractivity contribution in [2.75, 3.05) is 4.90 Å². The molecule has 0 radical (unpaired) electrons. The summed E-state index contributed by atoms with van der Waals surface area (Å²) in [7, 11) is 0. The molecule has 1 aliphatic heterocycles. The lowest BCUT2D eigenvalue weighted by atomic mass is 10.1. The molecule has 0 spiro atoms. The Morgan fingerprint density at radius 2 is 1.53 bits per heavy atom. The Labute approximate surface area is 106 Å². The number of aromatic carboxylic acids is 2. The predicted octanol–water partition coefficient (Wildman–Crippen LogP) is 0.512. The second-order valence-electron chi connectivity index (χ2n) is 3.69. The monoisotopic (exact) mass is 261 g/mol. The highest BCUT2D eigenvalue weighted by Gasteiger charge is 2.29. The lowest BCUT2D eigenvalue weighted by molar-refractivity contribution is -0.119. The van der Waals surface area contributed by atoms with Crippen LogP contribution in [0.2, 0.25) is 0 Å². The van der Waals surface area contributed by atoms with E-state index in [9.17, 15) is 19.2 Å². The number of hydrogen-bond donors (Lipinski definition) is 2. The number of benzene rings is 1. The second kappa shape index (κ2) is 4.37. The topological polar surface area (TPSA) is 112 Å². The number of carbonyl (C=O) groups is 4. The number of anilines is 1. The molecule has 0 unspecified atom stereocenters. The zero-order chi connectivity index (χ0) is 14.2. The van der Waals surface area contributed by atoms with Gasteiger partial charge in [0.15, 0.2) is 0 Å². The van der Waals surface area contributed by atoms with Gasteiger partial charge in [0.25, 0.3) is 11.8 Å². The predicted molar refractivity (Wildman–Crippen MR) is 62.0 cm³/mol. The molecule has 0 fully saturated rings. The Balaban J connectivity index is 2.58. The molecule has 1 heterocycles. The fraction of sp³-hybridized carbons (Fsp3) is 0. The van der Waals surface area contributed by atoms with Crippen LogP contribution in [0.1, 0.15) is 20.7 Å². The lowest BCUT2D eigenvalue weighted by Gasteiger charge is -2.16. The Hall–Kier alpha value is -2.96. The molecule has 1 aromatic rings. The number of rotatable bonds is 3. The molecule has 2 N–H and O–H groups in total. The molecule has 1 aromatic carbocycles. The number of carbonyl (C=O) groups excluding carboxylic acids is 2. The van der Waals surface area contributed by atoms with Crippen LogP contribution in [-0.4, -0.2) is 34.0 Å². The first-order valence-corrected chi connectivity index (χ1v) is 5.08. The van der Waals surface area contributed by atoms with E-state index in [1.165, 1.54) is 0 Å². The summed E-state index contributed by atoms with van der Waals surface area (Å²) in [6.45, 7) is 0. The first-order chi connectivity index (χ1) is 8.91. The number of hydrogen-bond acceptors (Lipinski definition) is 4. The third-order valence-electron chi connectivity index (χ3n) is 2.52. The molecule has 7 nitrogen and oxygen atoms in total. The third-order valence-corrected chi connectivity index (χ3v) is 2.52. The highest BCUT2D eigenvalue weighted by atomic mass is 16.4. The van der Waals surface area contributed by atoms with Crippen molar-refractivity contribution >= 4 is 29.4 Å². The van der Waals surface area contributed by atoms with Gasteiger partial charge in [-0.1, -0.05) is 0 Å². The Morgan fingerprint density at radius 3 is 2.00 bits per heavy atom. The minimum Gasteiger partial charge on any atom is -0.478 e. The molecule has 0 bridgehead atoms. The number of carboxylic acids is 2. The molecular weight excluding hydrogens is 254 g/mol. The number of amides is 2. The Kier molecular flexibility index (Phi) is 2.88. The average Bonchev–Trinajstić information content (AvgIpc) is 2.68. The summed E-state index contributed by atoms with van der Waals surface area (Å²) in [6, 6.07) is 3.15. The van der Waals surface area contributed by atoms with Gasteiger partial charge in [0.05, 0.1) is 16.8 Å². The van der Waals surface area contributed by atoms with Crippen LogP contribution < -0.4 is 4.90 Å². The number of carboxylic acid groups (broad SMARTS) is 2. The minimum atomic E-state index is -1.43. The third kappa shape index (κ3) is 2.08. The second-order valence-corrected chi connectivity index (χ2v) is 3.69. The van der Waals surface area contributed by atoms with Crippen molar-refractivity contribution in [1.29, 1.82) is 0 Å². The van der Waals surface area contributed by atoms with Crippen molar-refractivity contribution in [1.82, 2.24) is 0 Å². The molecule has 0 aliphatic carbocycles. The average molecular weight is 261 g/mol. The summed E-state index contributed by atoms with van der Waals surface area (Å²) in [5.74, 6) is -4.07. The van der Waals surface area contributed by atoms with Crippen LogP contribution in [0.25, 0.3) is 0 Å². The van der Waals surface area contributed by atoms with Gasteiger partial charge in [-0.15, -0.1) is 0 Å². The van der Waals surface area contributed by atoms with Gasteiger partial charge < -0.3 is 10.2 Å². The zero-order valence-electron chi connectivity index (χ0n) is 9.36. The normalized spacial score (nSPS) is 14.0. The molecule has 2 amide bonds. The van der Waals surface area contributed by atoms with E-state index in [0.29, 0.717) is 4.90 Å². The number of nitrogens with zero attached hydrogens (tertiary/aromatic N) is 1. The summed E-state index contributed by atoms with van der Waals surface area (Å²) in [5, 5.41) is 17.8. The van der Waals surface area contributed by atoms with Crippen LogP contribution in [0.5, 0.6) is 0 Å². The standard InChI is InChI=1S/C12H7NO6/c14-9-3-4-10(15)13(9)8-2-1-6(11(16)17)5-7(8)12(18)19/h1-5H,(H,16,17)(H,18,19). The summed E-state index contributed by atoms with van der Waals surface area (Å²) >= 11 is 0. The van der Waals surface area contributed by atoms with Gasteiger partial charge >= 0.3 is 11.9 Å². The van der Waals surface area contributed by atoms with Crippen LogP contribution in [0.15, 0.2) is 30.4 Å². The van der Waals surface area contributed by atoms with Crippen molar-refractivity contribution < 1.29 is 29.4 Å². The SMILES string of the molecule is O=C(O)c1ccc(N2C(=O)C=CC2=O)c(C(=O)O)c1. The van der Waals surface area contributed by atoms with Crippen molar-refractivity contribution in [2.24, 2.45) is 0 Å². The maximum atomic E-state index is 11.5. The molecule has 1 aliphatic rings. The van der Waals surface area contributed by atoms with E-state index in [4.69, 9.17) is 10.2 Å². The molecule has 7 heteroatoms. The van der Waals surface area contributed by atoms with Gasteiger partial charge in [-0.3, -0.25) is 9.59 Å². The van der Waals surface area contributed by atoms with Crippen LogP contribution in [-0.2, 0) is 9.59 Å². The minimum absolute atomic E-state index is 0.155. The summed E-state index contributed by atoms with van der Waals surface area (Å²) < 4.78 is 0. The Morgan fingerprint density at radius 1 is 0.947 bits per heavy atom. The number of imide groups is 1. The fourth-order valence-electron chi connectivity index (χ4n) is 1.67. The highest BCUT2D eigenvalue weighted by Crippen LogP contribution is 2.25. The van der Waals surface area contributed by atoms with Gasteiger partial charge in [0, 0.05) is 12.2 Å². The molecule has 0 saturated carbocycles. The van der Waals surface area contributed by atoms with E-state index in [2.05, 4.69) is 0 Å². The van der Waals surface area contributed by atoms with E-state index in [-0.39, 0.29) is 11.3 Å². The highest BCUT2D eigenvalue weighted by molar-refractivity contribution is 6.29. The smallest absolute Gasteiger partial charge is 0.337 e.